The van der Waals surface area contributed by atoms with Crippen molar-refractivity contribution >= 4 is 40.6 Å². The third-order valence-electron chi connectivity index (χ3n) is 5.06. The molecule has 0 atom stereocenters. The second-order valence-electron chi connectivity index (χ2n) is 8.43. The van der Waals surface area contributed by atoms with E-state index in [1.54, 1.807) is 24.3 Å². The van der Waals surface area contributed by atoms with E-state index in [1.807, 2.05) is 39.0 Å². The van der Waals surface area contributed by atoms with Crippen molar-refractivity contribution in [2.75, 3.05) is 25.1 Å². The highest BCUT2D eigenvalue weighted by molar-refractivity contribution is 8.18. The van der Waals surface area contributed by atoms with Crippen molar-refractivity contribution in [3.63, 3.8) is 0 Å². The third kappa shape index (κ3) is 6.20. The first-order valence-corrected chi connectivity index (χ1v) is 12.0. The molecule has 1 aliphatic rings. The molecule has 2 aromatic carbocycles. The van der Waals surface area contributed by atoms with E-state index in [-0.39, 0.29) is 11.4 Å². The Bertz CT molecular complexity index is 1110. The second kappa shape index (κ2) is 11.2. The van der Waals surface area contributed by atoms with Gasteiger partial charge in [-0.1, -0.05) is 38.1 Å². The van der Waals surface area contributed by atoms with E-state index in [2.05, 4.69) is 19.2 Å². The molecular weight excluding hydrogens is 452 g/mol. The number of hydrogen-bond acceptors (Lipinski definition) is 6. The van der Waals surface area contributed by atoms with E-state index in [4.69, 9.17) is 9.47 Å². The number of aryl methyl sites for hydroxylation is 2. The van der Waals surface area contributed by atoms with Crippen LogP contribution in [0.15, 0.2) is 41.3 Å². The lowest BCUT2D eigenvalue weighted by atomic mass is 10.1. The van der Waals surface area contributed by atoms with Crippen LogP contribution in [0.5, 0.6) is 11.5 Å². The zero-order chi connectivity index (χ0) is 24.8. The van der Waals surface area contributed by atoms with Crippen molar-refractivity contribution < 1.29 is 23.9 Å². The van der Waals surface area contributed by atoms with E-state index >= 15 is 0 Å². The van der Waals surface area contributed by atoms with Crippen LogP contribution in [0.3, 0.4) is 0 Å². The quantitative estimate of drug-likeness (QED) is 0.481. The minimum Gasteiger partial charge on any atom is -0.490 e. The van der Waals surface area contributed by atoms with Crippen LogP contribution < -0.4 is 14.8 Å². The molecule has 2 aromatic rings. The Kier molecular flexibility index (Phi) is 8.39. The van der Waals surface area contributed by atoms with Crippen LogP contribution in [0.2, 0.25) is 0 Å². The van der Waals surface area contributed by atoms with E-state index < -0.39 is 17.1 Å². The molecule has 34 heavy (non-hydrogen) atoms. The first-order chi connectivity index (χ1) is 16.2. The lowest BCUT2D eigenvalue weighted by molar-refractivity contribution is -0.127. The predicted molar refractivity (Wildman–Crippen MR) is 135 cm³/mol. The Hall–Kier alpha value is -3.26. The number of carbonyl (C=O) groups is 3. The van der Waals surface area contributed by atoms with E-state index in [1.165, 1.54) is 0 Å². The van der Waals surface area contributed by atoms with Crippen molar-refractivity contribution in [1.29, 1.82) is 0 Å². The summed E-state index contributed by atoms with van der Waals surface area (Å²) < 4.78 is 11.5. The number of hydrogen-bond donors (Lipinski definition) is 1. The molecule has 8 heteroatoms. The Labute approximate surface area is 204 Å². The number of carbonyl (C=O) groups excluding carboxylic acids is 3. The molecule has 0 bridgehead atoms. The molecule has 0 aromatic heterocycles. The van der Waals surface area contributed by atoms with Gasteiger partial charge in [0.2, 0.25) is 5.91 Å². The number of para-hydroxylation sites is 1. The zero-order valence-electron chi connectivity index (χ0n) is 20.1. The van der Waals surface area contributed by atoms with Gasteiger partial charge in [0.1, 0.15) is 6.54 Å². The Morgan fingerprint density at radius 3 is 2.44 bits per heavy atom. The van der Waals surface area contributed by atoms with Crippen LogP contribution in [0.1, 0.15) is 37.5 Å². The number of amides is 3. The van der Waals surface area contributed by atoms with Gasteiger partial charge in [0.25, 0.3) is 11.1 Å². The largest absolute Gasteiger partial charge is 0.490 e. The normalized spacial score (nSPS) is 14.8. The number of ether oxygens (including phenoxy) is 2. The fraction of sp³-hybridized carbons (Fsp3) is 0.346. The fourth-order valence-corrected chi connectivity index (χ4v) is 4.22. The molecule has 180 valence electrons. The highest BCUT2D eigenvalue weighted by Gasteiger charge is 2.36. The van der Waals surface area contributed by atoms with Gasteiger partial charge in [-0.05, 0) is 73.4 Å². The van der Waals surface area contributed by atoms with Crippen molar-refractivity contribution in [1.82, 2.24) is 4.90 Å². The van der Waals surface area contributed by atoms with Crippen LogP contribution >= 0.6 is 11.8 Å². The molecule has 0 saturated carbocycles. The standard InChI is InChI=1S/C26H30N2O5S/c1-6-32-21-12-19(10-11-20(21)33-15-16(2)3)13-22-25(30)28(26(31)34-22)14-23(29)27-24-17(4)8-7-9-18(24)5/h7-13,16H,6,14-15H2,1-5H3,(H,27,29)/b22-13-. The Balaban J connectivity index is 1.73. The summed E-state index contributed by atoms with van der Waals surface area (Å²) in [7, 11) is 0. The van der Waals surface area contributed by atoms with Gasteiger partial charge in [0.05, 0.1) is 18.1 Å². The maximum Gasteiger partial charge on any atom is 0.294 e. The number of anilines is 1. The zero-order valence-corrected chi connectivity index (χ0v) is 21.0. The molecule has 0 unspecified atom stereocenters. The lowest BCUT2D eigenvalue weighted by Gasteiger charge is -2.15. The van der Waals surface area contributed by atoms with Gasteiger partial charge in [0.15, 0.2) is 11.5 Å². The summed E-state index contributed by atoms with van der Waals surface area (Å²) in [5.74, 6) is 0.650. The summed E-state index contributed by atoms with van der Waals surface area (Å²) in [6.07, 6.45) is 1.63. The second-order valence-corrected chi connectivity index (χ2v) is 9.42. The highest BCUT2D eigenvalue weighted by Crippen LogP contribution is 2.35. The number of nitrogens with one attached hydrogen (secondary N) is 1. The average molecular weight is 483 g/mol. The maximum atomic E-state index is 12.9. The van der Waals surface area contributed by atoms with Crippen molar-refractivity contribution in [2.45, 2.75) is 34.6 Å². The van der Waals surface area contributed by atoms with Crippen LogP contribution in [0, 0.1) is 19.8 Å². The number of benzene rings is 2. The molecule has 1 aliphatic heterocycles. The summed E-state index contributed by atoms with van der Waals surface area (Å²) >= 11 is 0.815. The summed E-state index contributed by atoms with van der Waals surface area (Å²) in [4.78, 5) is 39.1. The van der Waals surface area contributed by atoms with Gasteiger partial charge >= 0.3 is 0 Å². The van der Waals surface area contributed by atoms with Gasteiger partial charge < -0.3 is 14.8 Å². The monoisotopic (exact) mass is 482 g/mol. The summed E-state index contributed by atoms with van der Waals surface area (Å²) in [6, 6.07) is 11.1. The minimum absolute atomic E-state index is 0.253. The van der Waals surface area contributed by atoms with Gasteiger partial charge in [-0.25, -0.2) is 0 Å². The smallest absolute Gasteiger partial charge is 0.294 e. The molecule has 3 rings (SSSR count). The first-order valence-electron chi connectivity index (χ1n) is 11.2. The number of nitrogens with zero attached hydrogens (tertiary/aromatic N) is 1. The molecule has 0 radical (unpaired) electrons. The van der Waals surface area contributed by atoms with Gasteiger partial charge in [-0.3, -0.25) is 19.3 Å². The first kappa shape index (κ1) is 25.4. The minimum atomic E-state index is -0.496. The highest BCUT2D eigenvalue weighted by atomic mass is 32.2. The topological polar surface area (TPSA) is 84.9 Å². The maximum absolute atomic E-state index is 12.9. The van der Waals surface area contributed by atoms with Crippen LogP contribution in [0.4, 0.5) is 10.5 Å². The van der Waals surface area contributed by atoms with Crippen molar-refractivity contribution in [2.24, 2.45) is 5.92 Å². The molecule has 1 fully saturated rings. The number of rotatable bonds is 9. The molecule has 1 saturated heterocycles. The van der Waals surface area contributed by atoms with Crippen LogP contribution in [-0.2, 0) is 9.59 Å². The molecule has 1 N–H and O–H groups in total. The number of thioether (sulfide) groups is 1. The van der Waals surface area contributed by atoms with E-state index in [0.717, 1.165) is 27.8 Å². The summed E-state index contributed by atoms with van der Waals surface area (Å²) in [5.41, 5.74) is 3.21. The molecule has 0 spiro atoms. The van der Waals surface area contributed by atoms with Crippen molar-refractivity contribution in [3.05, 3.63) is 58.0 Å². The van der Waals surface area contributed by atoms with Crippen LogP contribution in [0.25, 0.3) is 6.08 Å². The van der Waals surface area contributed by atoms with Gasteiger partial charge in [-0.15, -0.1) is 0 Å². The van der Waals surface area contributed by atoms with Gasteiger partial charge in [0, 0.05) is 5.69 Å². The van der Waals surface area contributed by atoms with Gasteiger partial charge in [-0.2, -0.15) is 0 Å². The van der Waals surface area contributed by atoms with Crippen molar-refractivity contribution in [3.8, 4) is 11.5 Å². The molecule has 7 nitrogen and oxygen atoms in total. The third-order valence-corrected chi connectivity index (χ3v) is 5.97. The summed E-state index contributed by atoms with van der Waals surface area (Å²) in [6.45, 7) is 10.5. The average Bonchev–Trinajstić information content (AvgIpc) is 3.03. The van der Waals surface area contributed by atoms with Crippen LogP contribution in [-0.4, -0.2) is 41.7 Å². The molecular formula is C26H30N2O5S. The Morgan fingerprint density at radius 2 is 1.79 bits per heavy atom. The fourth-order valence-electron chi connectivity index (χ4n) is 3.38. The van der Waals surface area contributed by atoms with E-state index in [9.17, 15) is 14.4 Å². The SMILES string of the molecule is CCOc1cc(/C=C2\SC(=O)N(CC(=O)Nc3c(C)cccc3C)C2=O)ccc1OCC(C)C. The molecule has 1 heterocycles. The molecule has 0 aliphatic carbocycles. The lowest BCUT2D eigenvalue weighted by Crippen LogP contribution is -2.36. The predicted octanol–water partition coefficient (Wildman–Crippen LogP) is 5.41. The molecule has 3 amide bonds. The summed E-state index contributed by atoms with van der Waals surface area (Å²) in [5, 5.41) is 2.34. The number of imide groups is 1. The Morgan fingerprint density at radius 1 is 1.09 bits per heavy atom. The van der Waals surface area contributed by atoms with E-state index in [0.29, 0.717) is 41.9 Å².